The number of benzene rings is 2. The molecular formula is C21H24Cl2N2O2. The number of rotatable bonds is 1. The van der Waals surface area contributed by atoms with Crippen molar-refractivity contribution in [2.24, 2.45) is 0 Å². The van der Waals surface area contributed by atoms with Crippen molar-refractivity contribution >= 4 is 40.1 Å². The molecule has 0 aliphatic carbocycles. The Kier molecular flexibility index (Phi) is 8.17. The number of esters is 1. The van der Waals surface area contributed by atoms with E-state index in [1.807, 2.05) is 32.0 Å². The number of ether oxygens (including phenoxy) is 1. The number of para-hydroxylation sites is 1. The molecule has 1 atom stereocenters. The summed E-state index contributed by atoms with van der Waals surface area (Å²) in [5, 5.41) is 5.74. The second kappa shape index (κ2) is 10.4. The molecule has 1 unspecified atom stereocenters. The number of carbonyl (C=O) groups excluding carboxylic acids is 1. The maximum Gasteiger partial charge on any atom is 0.323 e. The summed E-state index contributed by atoms with van der Waals surface area (Å²) in [4.78, 5) is 14.9. The summed E-state index contributed by atoms with van der Waals surface area (Å²) in [5.74, 6) is -0.194. The van der Waals surface area contributed by atoms with Crippen molar-refractivity contribution in [1.82, 2.24) is 10.3 Å². The summed E-state index contributed by atoms with van der Waals surface area (Å²) in [7, 11) is 1.43. The molecule has 4 rings (SSSR count). The fourth-order valence-corrected chi connectivity index (χ4v) is 3.35. The summed E-state index contributed by atoms with van der Waals surface area (Å²) in [5.41, 5.74) is 3.53. The average molecular weight is 407 g/mol. The summed E-state index contributed by atoms with van der Waals surface area (Å²) in [6.07, 6.45) is 0.687. The fourth-order valence-electron chi connectivity index (χ4n) is 2.91. The number of aromatic amines is 1. The van der Waals surface area contributed by atoms with Gasteiger partial charge in [0.2, 0.25) is 0 Å². The molecule has 1 aliphatic heterocycles. The number of hydrogen-bond acceptors (Lipinski definition) is 3. The standard InChI is InChI=1S/C13H14N2O2.C6H4Cl2.C2H6/c1-17-13(16)11-6-9-8-4-2-3-5-10(8)15-12(9)7-14-11;7-5-2-1-3-6(8)4-5;1-2/h2-5,11,14-15H,6-7H2,1H3;1-4H;1-2H3. The fraction of sp³-hybridized carbons (Fsp3) is 0.286. The lowest BCUT2D eigenvalue weighted by Gasteiger charge is -2.21. The number of methoxy groups -OCH3 is 1. The van der Waals surface area contributed by atoms with Gasteiger partial charge in [0.05, 0.1) is 7.11 Å². The molecule has 0 spiro atoms. The highest BCUT2D eigenvalue weighted by Gasteiger charge is 2.27. The first kappa shape index (κ1) is 21.3. The predicted octanol–water partition coefficient (Wildman–Crippen LogP) is 5.37. The Labute approximate surface area is 169 Å². The molecule has 2 heterocycles. The first-order valence-corrected chi connectivity index (χ1v) is 9.65. The van der Waals surface area contributed by atoms with E-state index in [2.05, 4.69) is 22.4 Å². The van der Waals surface area contributed by atoms with Crippen LogP contribution in [0.15, 0.2) is 48.5 Å². The minimum atomic E-state index is -0.230. The van der Waals surface area contributed by atoms with Crippen LogP contribution in [0.5, 0.6) is 0 Å². The molecular weight excluding hydrogens is 383 g/mol. The Balaban J connectivity index is 0.000000220. The van der Waals surface area contributed by atoms with E-state index in [4.69, 9.17) is 27.9 Å². The van der Waals surface area contributed by atoms with E-state index in [9.17, 15) is 4.79 Å². The summed E-state index contributed by atoms with van der Waals surface area (Å²) >= 11 is 11.1. The van der Waals surface area contributed by atoms with Crippen molar-refractivity contribution in [2.75, 3.05) is 7.11 Å². The van der Waals surface area contributed by atoms with Crippen LogP contribution in [-0.2, 0) is 22.5 Å². The van der Waals surface area contributed by atoms with Gasteiger partial charge in [-0.15, -0.1) is 0 Å². The third-order valence-corrected chi connectivity index (χ3v) is 4.58. The van der Waals surface area contributed by atoms with Crippen molar-refractivity contribution in [3.63, 3.8) is 0 Å². The van der Waals surface area contributed by atoms with Gasteiger partial charge in [-0.05, 0) is 29.8 Å². The second-order valence-corrected chi connectivity index (χ2v) is 6.60. The zero-order valence-electron chi connectivity index (χ0n) is 15.7. The van der Waals surface area contributed by atoms with Crippen molar-refractivity contribution in [1.29, 1.82) is 0 Å². The largest absolute Gasteiger partial charge is 0.468 e. The molecule has 1 aliphatic rings. The number of carbonyl (C=O) groups is 1. The number of nitrogens with one attached hydrogen (secondary N) is 2. The second-order valence-electron chi connectivity index (χ2n) is 5.73. The Hall–Kier alpha value is -2.01. The molecule has 27 heavy (non-hydrogen) atoms. The molecule has 1 aromatic heterocycles. The molecule has 0 saturated carbocycles. The third kappa shape index (κ3) is 5.48. The lowest BCUT2D eigenvalue weighted by molar-refractivity contribution is -0.143. The van der Waals surface area contributed by atoms with Gasteiger partial charge in [-0.2, -0.15) is 0 Å². The zero-order valence-corrected chi connectivity index (χ0v) is 17.2. The minimum Gasteiger partial charge on any atom is -0.468 e. The molecule has 144 valence electrons. The van der Waals surface area contributed by atoms with E-state index in [-0.39, 0.29) is 12.0 Å². The van der Waals surface area contributed by atoms with E-state index in [1.54, 1.807) is 18.2 Å². The van der Waals surface area contributed by atoms with Crippen LogP contribution in [0.3, 0.4) is 0 Å². The third-order valence-electron chi connectivity index (χ3n) is 4.11. The van der Waals surface area contributed by atoms with Crippen LogP contribution in [-0.4, -0.2) is 24.1 Å². The normalized spacial score (nSPS) is 14.9. The lowest BCUT2D eigenvalue weighted by atomic mass is 9.99. The predicted molar refractivity (Wildman–Crippen MR) is 112 cm³/mol. The summed E-state index contributed by atoms with van der Waals surface area (Å²) in [6.45, 7) is 4.68. The maximum absolute atomic E-state index is 11.5. The topological polar surface area (TPSA) is 54.1 Å². The van der Waals surface area contributed by atoms with Crippen LogP contribution in [0.4, 0.5) is 0 Å². The Morgan fingerprint density at radius 2 is 1.74 bits per heavy atom. The first-order chi connectivity index (χ1) is 13.1. The zero-order chi connectivity index (χ0) is 19.8. The van der Waals surface area contributed by atoms with Crippen LogP contribution >= 0.6 is 23.2 Å². The average Bonchev–Trinajstić information content (AvgIpc) is 3.07. The SMILES string of the molecule is CC.COC(=O)C1Cc2c([nH]c3ccccc23)CN1.Clc1cccc(Cl)c1. The Bertz CT molecular complexity index is 876. The molecule has 2 aromatic carbocycles. The summed E-state index contributed by atoms with van der Waals surface area (Å²) in [6, 6.07) is 15.0. The molecule has 0 fully saturated rings. The van der Waals surface area contributed by atoms with E-state index in [0.717, 1.165) is 5.52 Å². The van der Waals surface area contributed by atoms with Gasteiger partial charge in [-0.3, -0.25) is 10.1 Å². The highest BCUT2D eigenvalue weighted by atomic mass is 35.5. The molecule has 3 aromatic rings. The number of H-pyrrole nitrogens is 1. The van der Waals surface area contributed by atoms with Crippen LogP contribution in [0.1, 0.15) is 25.1 Å². The van der Waals surface area contributed by atoms with Gasteiger partial charge < -0.3 is 9.72 Å². The molecule has 6 heteroatoms. The van der Waals surface area contributed by atoms with Crippen LogP contribution < -0.4 is 5.32 Å². The highest BCUT2D eigenvalue weighted by molar-refractivity contribution is 6.34. The maximum atomic E-state index is 11.5. The van der Waals surface area contributed by atoms with Crippen molar-refractivity contribution in [2.45, 2.75) is 32.9 Å². The van der Waals surface area contributed by atoms with E-state index in [0.29, 0.717) is 23.0 Å². The van der Waals surface area contributed by atoms with Crippen LogP contribution in [0.25, 0.3) is 10.9 Å². The van der Waals surface area contributed by atoms with Gasteiger partial charge >= 0.3 is 5.97 Å². The van der Waals surface area contributed by atoms with Gasteiger partial charge in [0.1, 0.15) is 6.04 Å². The van der Waals surface area contributed by atoms with Crippen LogP contribution in [0, 0.1) is 0 Å². The number of hydrogen-bond donors (Lipinski definition) is 2. The van der Waals surface area contributed by atoms with E-state index >= 15 is 0 Å². The Morgan fingerprint density at radius 1 is 1.07 bits per heavy atom. The van der Waals surface area contributed by atoms with Gasteiger partial charge in [0, 0.05) is 39.6 Å². The van der Waals surface area contributed by atoms with Gasteiger partial charge in [0.15, 0.2) is 0 Å². The van der Waals surface area contributed by atoms with Crippen molar-refractivity contribution in [3.05, 3.63) is 69.8 Å². The minimum absolute atomic E-state index is 0.194. The Morgan fingerprint density at radius 3 is 2.33 bits per heavy atom. The molecule has 0 saturated heterocycles. The lowest BCUT2D eigenvalue weighted by Crippen LogP contribution is -2.42. The van der Waals surface area contributed by atoms with E-state index < -0.39 is 0 Å². The van der Waals surface area contributed by atoms with Gasteiger partial charge in [-0.1, -0.05) is 61.3 Å². The number of aromatic nitrogens is 1. The number of fused-ring (bicyclic) bond motifs is 3. The van der Waals surface area contributed by atoms with Crippen LogP contribution in [0.2, 0.25) is 10.0 Å². The van der Waals surface area contributed by atoms with E-state index in [1.165, 1.54) is 23.8 Å². The van der Waals surface area contributed by atoms with Crippen molar-refractivity contribution < 1.29 is 9.53 Å². The van der Waals surface area contributed by atoms with Gasteiger partial charge in [-0.25, -0.2) is 0 Å². The first-order valence-electron chi connectivity index (χ1n) is 8.89. The molecule has 0 bridgehead atoms. The van der Waals surface area contributed by atoms with Crippen molar-refractivity contribution in [3.8, 4) is 0 Å². The monoisotopic (exact) mass is 406 g/mol. The summed E-state index contributed by atoms with van der Waals surface area (Å²) < 4.78 is 4.78. The molecule has 0 radical (unpaired) electrons. The quantitative estimate of drug-likeness (QED) is 0.533. The molecule has 0 amide bonds. The molecule has 4 nitrogen and oxygen atoms in total. The molecule has 2 N–H and O–H groups in total. The van der Waals surface area contributed by atoms with Gasteiger partial charge in [0.25, 0.3) is 0 Å². The highest BCUT2D eigenvalue weighted by Crippen LogP contribution is 2.26. The number of halogens is 2. The smallest absolute Gasteiger partial charge is 0.323 e.